The van der Waals surface area contributed by atoms with E-state index >= 15 is 0 Å². The van der Waals surface area contributed by atoms with E-state index in [1.54, 1.807) is 0 Å². The largest absolute Gasteiger partial charge is 0.493 e. The van der Waals surface area contributed by atoms with Gasteiger partial charge in [-0.1, -0.05) is 34.8 Å². The molecule has 3 nitrogen and oxygen atoms in total. The summed E-state index contributed by atoms with van der Waals surface area (Å²) in [6, 6.07) is 0. The number of halogens is 4. The summed E-state index contributed by atoms with van der Waals surface area (Å²) in [6.07, 6.45) is 0. The second kappa shape index (κ2) is 4.82. The van der Waals surface area contributed by atoms with Crippen LogP contribution in [0.5, 0.6) is 5.75 Å². The van der Waals surface area contributed by atoms with Gasteiger partial charge in [0.2, 0.25) is 0 Å². The van der Waals surface area contributed by atoms with E-state index in [9.17, 15) is 0 Å². The second-order valence-electron chi connectivity index (χ2n) is 2.76. The minimum atomic E-state index is 0.263. The van der Waals surface area contributed by atoms with Crippen molar-refractivity contribution >= 4 is 73.1 Å². The van der Waals surface area contributed by atoms with Gasteiger partial charge in [0.1, 0.15) is 10.7 Å². The lowest BCUT2D eigenvalue weighted by Crippen LogP contribution is -2.12. The Labute approximate surface area is 120 Å². The number of benzene rings is 1. The monoisotopic (exact) mass is 360 g/mol. The summed E-state index contributed by atoms with van der Waals surface area (Å²) in [7, 11) is 1.50. The second-order valence-corrected chi connectivity index (χ2v) is 5.46. The van der Waals surface area contributed by atoms with Crippen LogP contribution in [-0.4, -0.2) is 11.9 Å². The van der Waals surface area contributed by atoms with Gasteiger partial charge in [-0.15, -0.1) is 0 Å². The quantitative estimate of drug-likeness (QED) is 0.449. The fourth-order valence-corrected chi connectivity index (χ4v) is 3.13. The molecule has 0 aromatic heterocycles. The number of methoxy groups -OCH3 is 1. The van der Waals surface area contributed by atoms with E-state index in [4.69, 9.17) is 39.5 Å². The maximum Gasteiger partial charge on any atom is 0.181 e. The maximum atomic E-state index is 6.08. The third-order valence-corrected chi connectivity index (χ3v) is 4.82. The van der Waals surface area contributed by atoms with E-state index in [1.165, 1.54) is 19.1 Å². The average Bonchev–Trinajstić information content (AvgIpc) is 2.27. The normalized spacial score (nSPS) is 13.9. The molecule has 1 aliphatic rings. The number of ether oxygens (including phenoxy) is 1. The van der Waals surface area contributed by atoms with Gasteiger partial charge in [0.15, 0.2) is 10.5 Å². The topological polar surface area (TPSA) is 33.6 Å². The molecule has 86 valence electrons. The number of nitrogens with one attached hydrogen (secondary N) is 1. The van der Waals surface area contributed by atoms with E-state index in [1.807, 2.05) is 0 Å². The van der Waals surface area contributed by atoms with E-state index in [0.29, 0.717) is 26.1 Å². The average molecular weight is 362 g/mol. The first-order valence-electron chi connectivity index (χ1n) is 3.97. The molecule has 2 rings (SSSR count). The zero-order chi connectivity index (χ0) is 11.9. The molecular formula is C8H4BrCl3N2OS. The summed E-state index contributed by atoms with van der Waals surface area (Å²) in [5.74, 6) is 0.414. The molecule has 0 fully saturated rings. The van der Waals surface area contributed by atoms with Crippen molar-refractivity contribution in [3.63, 3.8) is 0 Å². The summed E-state index contributed by atoms with van der Waals surface area (Å²) in [6.45, 7) is 0. The molecule has 0 saturated carbocycles. The predicted octanol–water partition coefficient (Wildman–Crippen LogP) is 4.65. The minimum absolute atomic E-state index is 0.263. The molecule has 0 unspecified atom stereocenters. The van der Waals surface area contributed by atoms with Gasteiger partial charge in [-0.05, 0) is 27.9 Å². The third-order valence-electron chi connectivity index (χ3n) is 1.87. The molecule has 0 spiro atoms. The Morgan fingerprint density at radius 1 is 1.25 bits per heavy atom. The van der Waals surface area contributed by atoms with Crippen LogP contribution in [0.4, 0.5) is 5.69 Å². The van der Waals surface area contributed by atoms with Crippen molar-refractivity contribution in [1.29, 1.82) is 0 Å². The van der Waals surface area contributed by atoms with Crippen LogP contribution in [-0.2, 0) is 0 Å². The summed E-state index contributed by atoms with van der Waals surface area (Å²) in [5.41, 5.74) is 0.567. The Bertz CT molecular complexity index is 495. The number of fused-ring (bicyclic) bond motifs is 1. The number of amidine groups is 1. The minimum Gasteiger partial charge on any atom is -0.493 e. The number of aliphatic imine (C=N–C) groups is 1. The zero-order valence-electron chi connectivity index (χ0n) is 7.78. The molecule has 0 bridgehead atoms. The van der Waals surface area contributed by atoms with Crippen molar-refractivity contribution in [2.24, 2.45) is 4.99 Å². The molecule has 16 heavy (non-hydrogen) atoms. The molecule has 0 aliphatic carbocycles. The van der Waals surface area contributed by atoms with Gasteiger partial charge in [0.05, 0.1) is 22.1 Å². The molecule has 1 aromatic rings. The van der Waals surface area contributed by atoms with Crippen LogP contribution in [0.15, 0.2) is 9.89 Å². The SMILES string of the molecule is COc1c(Cl)c(Cl)c(Cl)c2c1N=C(Br)NS2. The van der Waals surface area contributed by atoms with E-state index in [0.717, 1.165) is 0 Å². The van der Waals surface area contributed by atoms with Crippen molar-refractivity contribution in [2.45, 2.75) is 4.90 Å². The first-order chi connectivity index (χ1) is 7.56. The number of hydrogen-bond acceptors (Lipinski definition) is 4. The smallest absolute Gasteiger partial charge is 0.181 e. The Hall–Kier alpha value is 0.190. The van der Waals surface area contributed by atoms with Gasteiger partial charge in [0, 0.05) is 0 Å². The van der Waals surface area contributed by atoms with Crippen molar-refractivity contribution in [2.75, 3.05) is 7.11 Å². The highest BCUT2D eigenvalue weighted by molar-refractivity contribution is 9.18. The Balaban J connectivity index is 2.78. The van der Waals surface area contributed by atoms with Gasteiger partial charge in [-0.25, -0.2) is 4.99 Å². The van der Waals surface area contributed by atoms with Crippen LogP contribution in [0.1, 0.15) is 0 Å². The third kappa shape index (κ3) is 1.99. The highest BCUT2D eigenvalue weighted by Gasteiger charge is 2.25. The number of hydrogen-bond donors (Lipinski definition) is 1. The molecule has 0 saturated heterocycles. The van der Waals surface area contributed by atoms with Gasteiger partial charge in [0.25, 0.3) is 0 Å². The lowest BCUT2D eigenvalue weighted by molar-refractivity contribution is 0.415. The fourth-order valence-electron chi connectivity index (χ4n) is 1.20. The van der Waals surface area contributed by atoms with Gasteiger partial charge < -0.3 is 9.46 Å². The Morgan fingerprint density at radius 2 is 1.94 bits per heavy atom. The highest BCUT2D eigenvalue weighted by atomic mass is 79.9. The number of rotatable bonds is 1. The molecule has 1 aliphatic heterocycles. The molecule has 0 atom stereocenters. The van der Waals surface area contributed by atoms with E-state index in [-0.39, 0.29) is 10.0 Å². The standard InChI is InChI=1S/C8H4BrCl3N2OS/c1-15-6-3(11)2(10)4(12)7-5(6)13-8(9)14-16-7/h1H3,(H,13,14). The van der Waals surface area contributed by atoms with Crippen LogP contribution in [0.25, 0.3) is 0 Å². The Kier molecular flexibility index (Phi) is 3.81. The summed E-state index contributed by atoms with van der Waals surface area (Å²) in [5, 5.41) is 0.893. The molecule has 1 N–H and O–H groups in total. The van der Waals surface area contributed by atoms with Crippen molar-refractivity contribution in [1.82, 2.24) is 4.72 Å². The van der Waals surface area contributed by atoms with E-state index in [2.05, 4.69) is 25.6 Å². The van der Waals surface area contributed by atoms with Crippen LogP contribution in [0, 0.1) is 0 Å². The van der Waals surface area contributed by atoms with Gasteiger partial charge in [-0.2, -0.15) is 0 Å². The molecule has 1 aromatic carbocycles. The lowest BCUT2D eigenvalue weighted by Gasteiger charge is -2.19. The first kappa shape index (κ1) is 12.6. The van der Waals surface area contributed by atoms with Crippen LogP contribution in [0.3, 0.4) is 0 Å². The fraction of sp³-hybridized carbons (Fsp3) is 0.125. The maximum absolute atomic E-state index is 6.08. The lowest BCUT2D eigenvalue weighted by atomic mass is 10.3. The van der Waals surface area contributed by atoms with Crippen molar-refractivity contribution in [3.8, 4) is 5.75 Å². The van der Waals surface area contributed by atoms with Crippen molar-refractivity contribution in [3.05, 3.63) is 15.1 Å². The summed E-state index contributed by atoms with van der Waals surface area (Å²) < 4.78 is 8.67. The summed E-state index contributed by atoms with van der Waals surface area (Å²) in [4.78, 5) is 4.92. The zero-order valence-corrected chi connectivity index (χ0v) is 12.4. The molecule has 8 heteroatoms. The van der Waals surface area contributed by atoms with Crippen LogP contribution < -0.4 is 9.46 Å². The van der Waals surface area contributed by atoms with Crippen LogP contribution >= 0.6 is 62.7 Å². The van der Waals surface area contributed by atoms with Gasteiger partial charge >= 0.3 is 0 Å². The Morgan fingerprint density at radius 3 is 2.56 bits per heavy atom. The van der Waals surface area contributed by atoms with Gasteiger partial charge in [-0.3, -0.25) is 0 Å². The first-order valence-corrected chi connectivity index (χ1v) is 6.72. The number of nitrogens with zero attached hydrogens (tertiary/aromatic N) is 1. The molecular weight excluding hydrogens is 358 g/mol. The molecule has 0 amide bonds. The van der Waals surface area contributed by atoms with E-state index < -0.39 is 0 Å². The summed E-state index contributed by atoms with van der Waals surface area (Å²) >= 11 is 22.6. The molecule has 1 heterocycles. The van der Waals surface area contributed by atoms with Crippen molar-refractivity contribution < 1.29 is 4.74 Å². The predicted molar refractivity (Wildman–Crippen MR) is 73.0 cm³/mol. The molecule has 0 radical (unpaired) electrons. The van der Waals surface area contributed by atoms with Crippen LogP contribution in [0.2, 0.25) is 15.1 Å². The highest BCUT2D eigenvalue weighted by Crippen LogP contribution is 2.52.